The summed E-state index contributed by atoms with van der Waals surface area (Å²) in [4.78, 5) is 11.6. The molecule has 0 bridgehead atoms. The van der Waals surface area contributed by atoms with E-state index in [0.29, 0.717) is 12.4 Å². The lowest BCUT2D eigenvalue weighted by Gasteiger charge is -2.24. The molecule has 0 N–H and O–H groups in total. The van der Waals surface area contributed by atoms with Crippen molar-refractivity contribution in [2.24, 2.45) is 5.41 Å². The fraction of sp³-hybridized carbons (Fsp3) is 0.900. The number of rotatable bonds is 2. The van der Waals surface area contributed by atoms with E-state index < -0.39 is 0 Å². The molecule has 1 fully saturated rings. The van der Waals surface area contributed by atoms with Gasteiger partial charge < -0.3 is 4.74 Å². The molecule has 0 spiro atoms. The summed E-state index contributed by atoms with van der Waals surface area (Å²) in [5.74, 6) is 0.391. The molecule has 70 valence electrons. The van der Waals surface area contributed by atoms with Crippen LogP contribution in [0.1, 0.15) is 39.0 Å². The van der Waals surface area contributed by atoms with Gasteiger partial charge in [0.2, 0.25) is 0 Å². The SMILES string of the molecule is COCC1(C)CCCCCC1=O. The summed E-state index contributed by atoms with van der Waals surface area (Å²) in [6.45, 7) is 2.62. The number of carbonyl (C=O) groups excluding carboxylic acids is 1. The molecule has 0 aromatic carbocycles. The normalized spacial score (nSPS) is 31.7. The summed E-state index contributed by atoms with van der Waals surface area (Å²) in [6.07, 6.45) is 5.19. The van der Waals surface area contributed by atoms with Gasteiger partial charge in [-0.05, 0) is 12.8 Å². The Kier molecular flexibility index (Phi) is 3.27. The summed E-state index contributed by atoms with van der Waals surface area (Å²) in [7, 11) is 1.67. The van der Waals surface area contributed by atoms with Crippen LogP contribution in [0.4, 0.5) is 0 Å². The maximum absolute atomic E-state index is 11.6. The Balaban J connectivity index is 2.62. The van der Waals surface area contributed by atoms with Crippen molar-refractivity contribution in [2.45, 2.75) is 39.0 Å². The van der Waals surface area contributed by atoms with Gasteiger partial charge in [-0.1, -0.05) is 19.8 Å². The third-order valence-electron chi connectivity index (χ3n) is 2.77. The second-order valence-electron chi connectivity index (χ2n) is 3.98. The number of hydrogen-bond acceptors (Lipinski definition) is 2. The van der Waals surface area contributed by atoms with Gasteiger partial charge in [0.15, 0.2) is 0 Å². The van der Waals surface area contributed by atoms with Crippen molar-refractivity contribution in [3.8, 4) is 0 Å². The van der Waals surface area contributed by atoms with Gasteiger partial charge in [-0.25, -0.2) is 0 Å². The number of methoxy groups -OCH3 is 1. The molecule has 0 aromatic rings. The van der Waals surface area contributed by atoms with Gasteiger partial charge >= 0.3 is 0 Å². The summed E-state index contributed by atoms with van der Waals surface area (Å²) < 4.78 is 5.09. The molecule has 0 heterocycles. The first-order chi connectivity index (χ1) is 5.69. The lowest BCUT2D eigenvalue weighted by molar-refractivity contribution is -0.130. The van der Waals surface area contributed by atoms with Gasteiger partial charge in [0.05, 0.1) is 6.61 Å². The Bertz CT molecular complexity index is 165. The summed E-state index contributed by atoms with van der Waals surface area (Å²) in [6, 6.07) is 0. The van der Waals surface area contributed by atoms with Crippen LogP contribution in [0.5, 0.6) is 0 Å². The Hall–Kier alpha value is -0.370. The van der Waals surface area contributed by atoms with Crippen LogP contribution in [-0.4, -0.2) is 19.5 Å². The number of Topliss-reactive ketones (excluding diaryl/α,β-unsaturated/α-hetero) is 1. The van der Waals surface area contributed by atoms with E-state index in [1.807, 2.05) is 6.92 Å². The summed E-state index contributed by atoms with van der Waals surface area (Å²) in [5, 5.41) is 0. The fourth-order valence-electron chi connectivity index (χ4n) is 1.89. The predicted molar refractivity (Wildman–Crippen MR) is 48.1 cm³/mol. The molecule has 2 heteroatoms. The van der Waals surface area contributed by atoms with Crippen LogP contribution in [0.25, 0.3) is 0 Å². The molecule has 1 rings (SSSR count). The number of ketones is 1. The van der Waals surface area contributed by atoms with E-state index in [1.54, 1.807) is 7.11 Å². The van der Waals surface area contributed by atoms with Gasteiger partial charge in [0.1, 0.15) is 5.78 Å². The van der Waals surface area contributed by atoms with Gasteiger partial charge in [-0.2, -0.15) is 0 Å². The molecule has 0 saturated heterocycles. The van der Waals surface area contributed by atoms with E-state index in [9.17, 15) is 4.79 Å². The third kappa shape index (κ3) is 2.07. The maximum Gasteiger partial charge on any atom is 0.141 e. The molecule has 1 saturated carbocycles. The van der Waals surface area contributed by atoms with Crippen molar-refractivity contribution in [3.63, 3.8) is 0 Å². The molecule has 12 heavy (non-hydrogen) atoms. The van der Waals surface area contributed by atoms with Crippen molar-refractivity contribution in [1.82, 2.24) is 0 Å². The van der Waals surface area contributed by atoms with E-state index in [0.717, 1.165) is 19.3 Å². The fourth-order valence-corrected chi connectivity index (χ4v) is 1.89. The average molecular weight is 170 g/mol. The highest BCUT2D eigenvalue weighted by atomic mass is 16.5. The molecule has 1 atom stereocenters. The highest BCUT2D eigenvalue weighted by molar-refractivity contribution is 5.84. The molecule has 2 nitrogen and oxygen atoms in total. The van der Waals surface area contributed by atoms with Crippen LogP contribution in [0.3, 0.4) is 0 Å². The van der Waals surface area contributed by atoms with E-state index in [1.165, 1.54) is 12.8 Å². The van der Waals surface area contributed by atoms with E-state index in [4.69, 9.17) is 4.74 Å². The first kappa shape index (κ1) is 9.72. The Labute approximate surface area is 74.3 Å². The zero-order valence-corrected chi connectivity index (χ0v) is 8.06. The lowest BCUT2D eigenvalue weighted by atomic mass is 9.82. The van der Waals surface area contributed by atoms with Crippen molar-refractivity contribution < 1.29 is 9.53 Å². The first-order valence-electron chi connectivity index (χ1n) is 4.71. The van der Waals surface area contributed by atoms with Gasteiger partial charge in [0.25, 0.3) is 0 Å². The third-order valence-corrected chi connectivity index (χ3v) is 2.77. The summed E-state index contributed by atoms with van der Waals surface area (Å²) >= 11 is 0. The molecule has 1 unspecified atom stereocenters. The predicted octanol–water partition coefficient (Wildman–Crippen LogP) is 2.17. The van der Waals surface area contributed by atoms with Crippen molar-refractivity contribution in [2.75, 3.05) is 13.7 Å². The minimum Gasteiger partial charge on any atom is -0.384 e. The molecular weight excluding hydrogens is 152 g/mol. The van der Waals surface area contributed by atoms with Crippen molar-refractivity contribution >= 4 is 5.78 Å². The zero-order valence-electron chi connectivity index (χ0n) is 8.06. The van der Waals surface area contributed by atoms with E-state index in [-0.39, 0.29) is 5.41 Å². The topological polar surface area (TPSA) is 26.3 Å². The molecular formula is C10H18O2. The van der Waals surface area contributed by atoms with Crippen molar-refractivity contribution in [3.05, 3.63) is 0 Å². The second kappa shape index (κ2) is 4.04. The number of carbonyl (C=O) groups is 1. The highest BCUT2D eigenvalue weighted by Crippen LogP contribution is 2.31. The second-order valence-corrected chi connectivity index (χ2v) is 3.98. The van der Waals surface area contributed by atoms with Gasteiger partial charge in [-0.3, -0.25) is 4.79 Å². The Morgan fingerprint density at radius 3 is 2.83 bits per heavy atom. The standard InChI is InChI=1S/C10H18O2/c1-10(8-12-2)7-5-3-4-6-9(10)11/h3-8H2,1-2H3. The molecule has 0 amide bonds. The van der Waals surface area contributed by atoms with E-state index in [2.05, 4.69) is 0 Å². The molecule has 0 aromatic heterocycles. The first-order valence-corrected chi connectivity index (χ1v) is 4.71. The number of ether oxygens (including phenoxy) is 1. The average Bonchev–Trinajstić information content (AvgIpc) is 2.17. The zero-order chi connectivity index (χ0) is 9.03. The van der Waals surface area contributed by atoms with Gasteiger partial charge in [0, 0.05) is 18.9 Å². The monoisotopic (exact) mass is 170 g/mol. The van der Waals surface area contributed by atoms with Crippen LogP contribution < -0.4 is 0 Å². The minimum absolute atomic E-state index is 0.189. The molecule has 1 aliphatic carbocycles. The smallest absolute Gasteiger partial charge is 0.141 e. The van der Waals surface area contributed by atoms with Crippen LogP contribution in [0.2, 0.25) is 0 Å². The Morgan fingerprint density at radius 2 is 2.17 bits per heavy atom. The largest absolute Gasteiger partial charge is 0.384 e. The molecule has 0 radical (unpaired) electrons. The molecule has 0 aliphatic heterocycles. The minimum atomic E-state index is -0.189. The maximum atomic E-state index is 11.6. The van der Waals surface area contributed by atoms with Crippen LogP contribution in [-0.2, 0) is 9.53 Å². The van der Waals surface area contributed by atoms with Crippen molar-refractivity contribution in [1.29, 1.82) is 0 Å². The quantitative estimate of drug-likeness (QED) is 0.594. The molecule has 1 aliphatic rings. The van der Waals surface area contributed by atoms with Gasteiger partial charge in [-0.15, -0.1) is 0 Å². The summed E-state index contributed by atoms with van der Waals surface area (Å²) in [5.41, 5.74) is -0.189. The van der Waals surface area contributed by atoms with Crippen LogP contribution in [0.15, 0.2) is 0 Å². The highest BCUT2D eigenvalue weighted by Gasteiger charge is 2.33. The van der Waals surface area contributed by atoms with E-state index >= 15 is 0 Å². The Morgan fingerprint density at radius 1 is 1.42 bits per heavy atom. The van der Waals surface area contributed by atoms with Crippen LogP contribution in [0, 0.1) is 5.41 Å². The lowest BCUT2D eigenvalue weighted by Crippen LogP contribution is -2.31. The number of hydrogen-bond donors (Lipinski definition) is 0. The van der Waals surface area contributed by atoms with Crippen LogP contribution >= 0.6 is 0 Å².